The van der Waals surface area contributed by atoms with Gasteiger partial charge in [-0.1, -0.05) is 80.1 Å². The normalized spacial score (nSPS) is 9.00. The molecular formula is C21H43NO2Sn. The molecule has 1 rings (SSSR count). The molecule has 0 aromatic carbocycles. The Morgan fingerprint density at radius 3 is 1.24 bits per heavy atom. The zero-order valence-corrected chi connectivity index (χ0v) is 21.2. The number of nitrogens with zero attached hydrogens (tertiary/aromatic N) is 1. The average molecular weight is 460 g/mol. The van der Waals surface area contributed by atoms with E-state index < -0.39 is 5.60 Å². The Morgan fingerprint density at radius 2 is 1.04 bits per heavy atom. The van der Waals surface area contributed by atoms with Crippen LogP contribution in [0.15, 0.2) is 24.5 Å². The van der Waals surface area contributed by atoms with Crippen molar-refractivity contribution in [1.82, 2.24) is 4.57 Å². The zero-order valence-electron chi connectivity index (χ0n) is 18.3. The van der Waals surface area contributed by atoms with E-state index in [2.05, 4.69) is 41.5 Å². The summed E-state index contributed by atoms with van der Waals surface area (Å²) >= 11 is 0. The van der Waals surface area contributed by atoms with Gasteiger partial charge in [-0.25, -0.2) is 4.79 Å². The zero-order chi connectivity index (χ0) is 19.4. The molecule has 148 valence electrons. The van der Waals surface area contributed by atoms with Crippen LogP contribution in [0.5, 0.6) is 0 Å². The van der Waals surface area contributed by atoms with Gasteiger partial charge >= 0.3 is 6.09 Å². The smallest absolute Gasteiger partial charge is 0.418 e. The molecule has 0 saturated carbocycles. The standard InChI is InChI=1S/C9H13NO2.3C4H10.Sn/c1-9(2,3)12-8(11)10-6-4-5-7-10;3*1-3-4-2;/h4-7H,1-3H3;3*3-4H2,1-2H3;. The van der Waals surface area contributed by atoms with Crippen LogP contribution in [0.4, 0.5) is 4.79 Å². The van der Waals surface area contributed by atoms with Gasteiger partial charge in [0.25, 0.3) is 0 Å². The van der Waals surface area contributed by atoms with Gasteiger partial charge in [-0.3, -0.25) is 4.57 Å². The van der Waals surface area contributed by atoms with E-state index in [1.54, 1.807) is 24.5 Å². The molecule has 0 saturated heterocycles. The number of carbonyl (C=O) groups is 1. The largest absolute Gasteiger partial charge is 0.443 e. The van der Waals surface area contributed by atoms with Crippen LogP contribution in [0.1, 0.15) is 101 Å². The molecule has 0 aliphatic heterocycles. The first-order valence-electron chi connectivity index (χ1n) is 9.60. The number of unbranched alkanes of at least 4 members (excludes halogenated alkanes) is 3. The number of hydrogen-bond donors (Lipinski definition) is 0. The average Bonchev–Trinajstić information content (AvgIpc) is 3.08. The van der Waals surface area contributed by atoms with Gasteiger partial charge in [-0.15, -0.1) is 0 Å². The maximum Gasteiger partial charge on any atom is 0.418 e. The Bertz CT molecular complexity index is 328. The number of ether oxygens (including phenoxy) is 1. The first kappa shape index (κ1) is 32.2. The van der Waals surface area contributed by atoms with Gasteiger partial charge in [-0.05, 0) is 32.9 Å². The summed E-state index contributed by atoms with van der Waals surface area (Å²) in [5.74, 6) is 0. The molecule has 0 spiro atoms. The van der Waals surface area contributed by atoms with Crippen LogP contribution in [0, 0.1) is 0 Å². The third-order valence-electron chi connectivity index (χ3n) is 2.71. The van der Waals surface area contributed by atoms with E-state index in [1.807, 2.05) is 20.8 Å². The van der Waals surface area contributed by atoms with Crippen LogP contribution in [-0.2, 0) is 4.74 Å². The third-order valence-corrected chi connectivity index (χ3v) is 2.71. The van der Waals surface area contributed by atoms with Crippen LogP contribution in [-0.4, -0.2) is 40.2 Å². The second-order valence-corrected chi connectivity index (χ2v) is 6.57. The topological polar surface area (TPSA) is 31.2 Å². The second kappa shape index (κ2) is 23.5. The molecule has 0 bridgehead atoms. The summed E-state index contributed by atoms with van der Waals surface area (Å²) in [6.45, 7) is 18.6. The quantitative estimate of drug-likeness (QED) is 0.443. The summed E-state index contributed by atoms with van der Waals surface area (Å²) in [5.41, 5.74) is -0.429. The first-order valence-corrected chi connectivity index (χ1v) is 9.60. The molecule has 1 aromatic heterocycles. The molecular weight excluding hydrogens is 417 g/mol. The van der Waals surface area contributed by atoms with Gasteiger partial charge in [-0.2, -0.15) is 0 Å². The Morgan fingerprint density at radius 1 is 0.760 bits per heavy atom. The van der Waals surface area contributed by atoms with E-state index >= 15 is 0 Å². The van der Waals surface area contributed by atoms with Crippen LogP contribution in [0.2, 0.25) is 0 Å². The molecule has 1 aromatic rings. The van der Waals surface area contributed by atoms with Crippen LogP contribution in [0.3, 0.4) is 0 Å². The summed E-state index contributed by atoms with van der Waals surface area (Å²) < 4.78 is 6.51. The van der Waals surface area contributed by atoms with E-state index in [0.29, 0.717) is 0 Å². The summed E-state index contributed by atoms with van der Waals surface area (Å²) in [7, 11) is 0. The predicted molar refractivity (Wildman–Crippen MR) is 114 cm³/mol. The minimum atomic E-state index is -0.429. The van der Waals surface area contributed by atoms with Crippen molar-refractivity contribution >= 4 is 30.0 Å². The maximum atomic E-state index is 11.3. The van der Waals surface area contributed by atoms with Gasteiger partial charge < -0.3 is 4.74 Å². The molecule has 4 heteroatoms. The van der Waals surface area contributed by atoms with Crippen molar-refractivity contribution in [3.8, 4) is 0 Å². The Balaban J connectivity index is -0.000000142. The molecule has 0 fully saturated rings. The van der Waals surface area contributed by atoms with E-state index in [-0.39, 0.29) is 30.0 Å². The number of hydrogen-bond acceptors (Lipinski definition) is 2. The van der Waals surface area contributed by atoms with Crippen molar-refractivity contribution in [3.05, 3.63) is 24.5 Å². The molecule has 25 heavy (non-hydrogen) atoms. The van der Waals surface area contributed by atoms with E-state index in [4.69, 9.17) is 4.74 Å². The fraction of sp³-hybridized carbons (Fsp3) is 0.762. The predicted octanol–water partition coefficient (Wildman–Crippen LogP) is 7.31. The number of carbonyl (C=O) groups excluding carboxylic acids is 1. The first-order chi connectivity index (χ1) is 11.2. The molecule has 0 atom stereocenters. The van der Waals surface area contributed by atoms with Crippen molar-refractivity contribution in [2.45, 2.75) is 106 Å². The molecule has 3 nitrogen and oxygen atoms in total. The summed E-state index contributed by atoms with van der Waals surface area (Å²) in [6.07, 6.45) is 10.9. The minimum Gasteiger partial charge on any atom is -0.443 e. The third kappa shape index (κ3) is 31.8. The molecule has 0 aliphatic carbocycles. The summed E-state index contributed by atoms with van der Waals surface area (Å²) in [4.78, 5) is 11.3. The van der Waals surface area contributed by atoms with Gasteiger partial charge in [0.1, 0.15) is 5.60 Å². The van der Waals surface area contributed by atoms with Crippen molar-refractivity contribution < 1.29 is 9.53 Å². The summed E-state index contributed by atoms with van der Waals surface area (Å²) in [6, 6.07) is 3.56. The van der Waals surface area contributed by atoms with Gasteiger partial charge in [0, 0.05) is 36.3 Å². The van der Waals surface area contributed by atoms with E-state index in [9.17, 15) is 4.79 Å². The Labute approximate surface area is 174 Å². The van der Waals surface area contributed by atoms with Gasteiger partial charge in [0.15, 0.2) is 0 Å². The van der Waals surface area contributed by atoms with Crippen LogP contribution in [0.25, 0.3) is 0 Å². The fourth-order valence-corrected chi connectivity index (χ4v) is 0.771. The second-order valence-electron chi connectivity index (χ2n) is 6.57. The molecule has 0 unspecified atom stereocenters. The van der Waals surface area contributed by atoms with Crippen molar-refractivity contribution in [2.75, 3.05) is 0 Å². The monoisotopic (exact) mass is 461 g/mol. The Hall–Kier alpha value is -0.451. The Kier molecular flexibility index (Phi) is 30.4. The molecule has 0 aliphatic rings. The minimum absolute atomic E-state index is 0. The fourth-order valence-electron chi connectivity index (χ4n) is 0.771. The van der Waals surface area contributed by atoms with Crippen molar-refractivity contribution in [2.24, 2.45) is 0 Å². The maximum absolute atomic E-state index is 11.3. The molecule has 0 amide bonds. The van der Waals surface area contributed by atoms with E-state index in [0.717, 1.165) is 0 Å². The summed E-state index contributed by atoms with van der Waals surface area (Å²) in [5, 5.41) is 0. The van der Waals surface area contributed by atoms with Crippen molar-refractivity contribution in [1.29, 1.82) is 0 Å². The number of aromatic nitrogens is 1. The van der Waals surface area contributed by atoms with Crippen LogP contribution < -0.4 is 0 Å². The molecule has 4 radical (unpaired) electrons. The van der Waals surface area contributed by atoms with Crippen LogP contribution >= 0.6 is 0 Å². The molecule has 0 N–H and O–H groups in total. The van der Waals surface area contributed by atoms with E-state index in [1.165, 1.54) is 43.1 Å². The van der Waals surface area contributed by atoms with Crippen molar-refractivity contribution in [3.63, 3.8) is 0 Å². The number of rotatable bonds is 3. The van der Waals surface area contributed by atoms with Gasteiger partial charge in [0.05, 0.1) is 0 Å². The SMILES string of the molecule is CC(C)(C)OC(=O)n1cccc1.CCCC.CCCC.CCCC.[Sn]. The van der Waals surface area contributed by atoms with Gasteiger partial charge in [0.2, 0.25) is 0 Å². The molecule has 1 heterocycles.